The Morgan fingerprint density at radius 3 is 1.94 bits per heavy atom. The number of unbranched alkanes of at least 4 members (excludes halogenated alkanes) is 4. The maximum atomic E-state index is 14.8. The van der Waals surface area contributed by atoms with Crippen molar-refractivity contribution in [2.45, 2.75) is 118 Å². The lowest BCUT2D eigenvalue weighted by molar-refractivity contribution is -0.113. The van der Waals surface area contributed by atoms with E-state index < -0.39 is 5.60 Å². The molecule has 1 aliphatic rings. The number of hydrogen-bond donors (Lipinski definition) is 1. The molecule has 1 atom stereocenters. The summed E-state index contributed by atoms with van der Waals surface area (Å²) in [5.41, 5.74) is 1.29. The first kappa shape index (κ1) is 27.9. The second-order valence-electron chi connectivity index (χ2n) is 10.1. The van der Waals surface area contributed by atoms with E-state index in [2.05, 4.69) is 41.5 Å². The van der Waals surface area contributed by atoms with Crippen molar-refractivity contribution in [3.05, 3.63) is 29.1 Å². The standard InChI is InChI=1S/C21H34FNO.C7H16/c1-7-10-16(11-8-2)21(24)18-15(14-20(21,4)5)12-13-17(22)19(18)23(6)9-3;1-3-5-7-6-4-2/h12-13,16,24H,7-11,14H2,1-6H3;3-7H2,1-2H3. The summed E-state index contributed by atoms with van der Waals surface area (Å²) in [6.45, 7) is 15.8. The molecule has 1 N–H and O–H groups in total. The summed E-state index contributed by atoms with van der Waals surface area (Å²) in [5, 5.41) is 12.0. The summed E-state index contributed by atoms with van der Waals surface area (Å²) in [4.78, 5) is 1.94. The number of hydrogen-bond acceptors (Lipinski definition) is 2. The molecule has 2 nitrogen and oxygen atoms in total. The number of anilines is 1. The molecule has 1 aliphatic carbocycles. The molecule has 0 saturated heterocycles. The minimum Gasteiger partial charge on any atom is -0.384 e. The quantitative estimate of drug-likeness (QED) is 0.354. The lowest BCUT2D eigenvalue weighted by atomic mass is 9.65. The molecule has 1 aromatic rings. The maximum absolute atomic E-state index is 14.8. The highest BCUT2D eigenvalue weighted by Crippen LogP contribution is 2.58. The molecule has 0 heterocycles. The first-order valence-electron chi connectivity index (χ1n) is 12.9. The van der Waals surface area contributed by atoms with Crippen molar-refractivity contribution < 1.29 is 9.50 Å². The largest absolute Gasteiger partial charge is 0.384 e. The molecule has 1 unspecified atom stereocenters. The normalized spacial score (nSPS) is 19.2. The van der Waals surface area contributed by atoms with E-state index in [9.17, 15) is 9.50 Å². The van der Waals surface area contributed by atoms with Gasteiger partial charge in [-0.2, -0.15) is 0 Å². The smallest absolute Gasteiger partial charge is 0.146 e. The topological polar surface area (TPSA) is 23.5 Å². The molecule has 0 aliphatic heterocycles. The Morgan fingerprint density at radius 1 is 0.935 bits per heavy atom. The van der Waals surface area contributed by atoms with Gasteiger partial charge in [-0.05, 0) is 43.7 Å². The van der Waals surface area contributed by atoms with Gasteiger partial charge in [0.25, 0.3) is 0 Å². The van der Waals surface area contributed by atoms with Crippen LogP contribution in [-0.2, 0) is 12.0 Å². The molecule has 3 heteroatoms. The summed E-state index contributed by atoms with van der Waals surface area (Å²) in [6, 6.07) is 3.45. The summed E-state index contributed by atoms with van der Waals surface area (Å²) < 4.78 is 14.8. The molecule has 0 amide bonds. The highest BCUT2D eigenvalue weighted by Gasteiger charge is 2.56. The van der Waals surface area contributed by atoms with Crippen LogP contribution in [0.5, 0.6) is 0 Å². The Bertz CT molecular complexity index is 647. The van der Waals surface area contributed by atoms with Gasteiger partial charge < -0.3 is 10.0 Å². The number of aliphatic hydroxyl groups is 1. The van der Waals surface area contributed by atoms with Crippen LogP contribution in [0.15, 0.2) is 12.1 Å². The third-order valence-corrected chi connectivity index (χ3v) is 7.19. The number of rotatable bonds is 11. The molecular formula is C28H50FNO. The Labute approximate surface area is 192 Å². The van der Waals surface area contributed by atoms with Crippen molar-refractivity contribution in [1.82, 2.24) is 0 Å². The minimum absolute atomic E-state index is 0.162. The van der Waals surface area contributed by atoms with Crippen LogP contribution in [0.1, 0.15) is 117 Å². The van der Waals surface area contributed by atoms with E-state index in [1.54, 1.807) is 6.07 Å². The van der Waals surface area contributed by atoms with Gasteiger partial charge in [-0.3, -0.25) is 0 Å². The monoisotopic (exact) mass is 435 g/mol. The zero-order chi connectivity index (χ0) is 23.7. The zero-order valence-corrected chi connectivity index (χ0v) is 21.8. The number of nitrogens with zero attached hydrogens (tertiary/aromatic N) is 1. The Hall–Kier alpha value is -1.09. The van der Waals surface area contributed by atoms with Crippen LogP contribution in [0.2, 0.25) is 0 Å². The van der Waals surface area contributed by atoms with Gasteiger partial charge in [0.2, 0.25) is 0 Å². The van der Waals surface area contributed by atoms with Gasteiger partial charge in [0.05, 0.1) is 5.69 Å². The number of halogens is 1. The molecule has 0 spiro atoms. The van der Waals surface area contributed by atoms with Gasteiger partial charge in [0.15, 0.2) is 0 Å². The third-order valence-electron chi connectivity index (χ3n) is 7.19. The molecule has 0 bridgehead atoms. The van der Waals surface area contributed by atoms with Crippen molar-refractivity contribution in [3.63, 3.8) is 0 Å². The van der Waals surface area contributed by atoms with E-state index >= 15 is 0 Å². The van der Waals surface area contributed by atoms with Gasteiger partial charge in [0, 0.05) is 24.6 Å². The fraction of sp³-hybridized carbons (Fsp3) is 0.786. The SMILES string of the molecule is CCCC(CCC)C1(O)c2c(ccc(F)c2N(C)CC)CC1(C)C.CCCCCCC. The summed E-state index contributed by atoms with van der Waals surface area (Å²) in [5.74, 6) is -0.0597. The molecule has 180 valence electrons. The first-order chi connectivity index (χ1) is 14.7. The third kappa shape index (κ3) is 6.24. The molecule has 1 aromatic carbocycles. The molecule has 2 rings (SSSR count). The van der Waals surface area contributed by atoms with Crippen LogP contribution in [0, 0.1) is 17.2 Å². The highest BCUT2D eigenvalue weighted by atomic mass is 19.1. The first-order valence-corrected chi connectivity index (χ1v) is 12.9. The van der Waals surface area contributed by atoms with Gasteiger partial charge in [-0.25, -0.2) is 4.39 Å². The molecular weight excluding hydrogens is 385 g/mol. The highest BCUT2D eigenvalue weighted by molar-refractivity contribution is 5.63. The van der Waals surface area contributed by atoms with Crippen LogP contribution >= 0.6 is 0 Å². The summed E-state index contributed by atoms with van der Waals surface area (Å²) in [7, 11) is 1.92. The predicted molar refractivity (Wildman–Crippen MR) is 134 cm³/mol. The lowest BCUT2D eigenvalue weighted by Crippen LogP contribution is -2.46. The average Bonchev–Trinajstić information content (AvgIpc) is 2.94. The van der Waals surface area contributed by atoms with Crippen LogP contribution < -0.4 is 4.90 Å². The van der Waals surface area contributed by atoms with Crippen LogP contribution in [-0.4, -0.2) is 18.7 Å². The van der Waals surface area contributed by atoms with Gasteiger partial charge in [-0.15, -0.1) is 0 Å². The fourth-order valence-corrected chi connectivity index (χ4v) is 5.35. The second-order valence-corrected chi connectivity index (χ2v) is 10.1. The number of fused-ring (bicyclic) bond motifs is 1. The van der Waals surface area contributed by atoms with Gasteiger partial charge in [-0.1, -0.05) is 92.6 Å². The summed E-state index contributed by atoms with van der Waals surface area (Å²) in [6.07, 6.45) is 11.8. The maximum Gasteiger partial charge on any atom is 0.146 e. The molecule has 0 aromatic heterocycles. The van der Waals surface area contributed by atoms with Crippen LogP contribution in [0.4, 0.5) is 10.1 Å². The van der Waals surface area contributed by atoms with Crippen molar-refractivity contribution in [2.24, 2.45) is 11.3 Å². The van der Waals surface area contributed by atoms with E-state index in [0.29, 0.717) is 5.69 Å². The van der Waals surface area contributed by atoms with Gasteiger partial charge in [0.1, 0.15) is 11.4 Å². The predicted octanol–water partition coefficient (Wildman–Crippen LogP) is 8.24. The van der Waals surface area contributed by atoms with Crippen molar-refractivity contribution in [1.29, 1.82) is 0 Å². The lowest BCUT2D eigenvalue weighted by Gasteiger charge is -2.45. The summed E-state index contributed by atoms with van der Waals surface area (Å²) >= 11 is 0. The van der Waals surface area contributed by atoms with E-state index in [-0.39, 0.29) is 17.2 Å². The van der Waals surface area contributed by atoms with Crippen molar-refractivity contribution in [2.75, 3.05) is 18.5 Å². The minimum atomic E-state index is -0.977. The average molecular weight is 436 g/mol. The van der Waals surface area contributed by atoms with Crippen molar-refractivity contribution in [3.8, 4) is 0 Å². The van der Waals surface area contributed by atoms with E-state index in [1.165, 1.54) is 32.1 Å². The van der Waals surface area contributed by atoms with E-state index in [1.807, 2.05) is 24.9 Å². The van der Waals surface area contributed by atoms with Crippen LogP contribution in [0.25, 0.3) is 0 Å². The Morgan fingerprint density at radius 2 is 1.48 bits per heavy atom. The van der Waals surface area contributed by atoms with Crippen LogP contribution in [0.3, 0.4) is 0 Å². The molecule has 31 heavy (non-hydrogen) atoms. The Balaban J connectivity index is 0.000000592. The fourth-order valence-electron chi connectivity index (χ4n) is 5.35. The number of benzene rings is 1. The second kappa shape index (κ2) is 12.8. The Kier molecular flexibility index (Phi) is 11.6. The zero-order valence-electron chi connectivity index (χ0n) is 21.8. The van der Waals surface area contributed by atoms with E-state index in [0.717, 1.165) is 49.8 Å². The van der Waals surface area contributed by atoms with E-state index in [4.69, 9.17) is 0 Å². The van der Waals surface area contributed by atoms with Crippen molar-refractivity contribution >= 4 is 5.69 Å². The molecule has 0 fully saturated rings. The molecule has 0 radical (unpaired) electrons. The van der Waals surface area contributed by atoms with Gasteiger partial charge >= 0.3 is 0 Å². The molecule has 0 saturated carbocycles.